The first kappa shape index (κ1) is 14.9. The van der Waals surface area contributed by atoms with E-state index in [0.29, 0.717) is 6.54 Å². The summed E-state index contributed by atoms with van der Waals surface area (Å²) in [5.74, 6) is 1.04. The Balaban J connectivity index is 2.00. The first-order chi connectivity index (χ1) is 8.14. The molecule has 0 radical (unpaired) electrons. The van der Waals surface area contributed by atoms with E-state index in [2.05, 4.69) is 17.0 Å². The zero-order valence-electron chi connectivity index (χ0n) is 10.9. The number of hydrogen-bond donors (Lipinski definition) is 2. The van der Waals surface area contributed by atoms with Gasteiger partial charge in [0.05, 0.1) is 5.75 Å². The highest BCUT2D eigenvalue weighted by Gasteiger charge is 2.17. The Morgan fingerprint density at radius 1 is 1.18 bits per heavy atom. The Labute approximate surface area is 106 Å². The van der Waals surface area contributed by atoms with E-state index in [4.69, 9.17) is 0 Å². The van der Waals surface area contributed by atoms with Crippen LogP contribution in [0.3, 0.4) is 0 Å². The third kappa shape index (κ3) is 7.01. The molecule has 0 unspecified atom stereocenters. The molecule has 0 aromatic carbocycles. The van der Waals surface area contributed by atoms with Gasteiger partial charge in [0.2, 0.25) is 10.0 Å². The van der Waals surface area contributed by atoms with Crippen molar-refractivity contribution in [1.29, 1.82) is 0 Å². The number of sulfonamides is 1. The van der Waals surface area contributed by atoms with Gasteiger partial charge in [-0.15, -0.1) is 0 Å². The lowest BCUT2D eigenvalue weighted by molar-refractivity contribution is 0.297. The molecular formula is C12H26N2O2S. The van der Waals surface area contributed by atoms with Crippen LogP contribution >= 0.6 is 0 Å². The maximum atomic E-state index is 11.6. The Kier molecular flexibility index (Phi) is 7.08. The summed E-state index contributed by atoms with van der Waals surface area (Å²) in [6.45, 7) is 4.54. The summed E-state index contributed by atoms with van der Waals surface area (Å²) >= 11 is 0. The van der Waals surface area contributed by atoms with E-state index in [-0.39, 0.29) is 5.75 Å². The number of hydrogen-bond acceptors (Lipinski definition) is 3. The summed E-state index contributed by atoms with van der Waals surface area (Å²) in [5.41, 5.74) is 0. The van der Waals surface area contributed by atoms with Gasteiger partial charge in [-0.25, -0.2) is 13.1 Å². The highest BCUT2D eigenvalue weighted by Crippen LogP contribution is 2.28. The molecule has 0 aromatic rings. The molecule has 1 aliphatic rings. The van der Waals surface area contributed by atoms with Gasteiger partial charge >= 0.3 is 0 Å². The average molecular weight is 262 g/mol. The van der Waals surface area contributed by atoms with E-state index >= 15 is 0 Å². The molecule has 0 heterocycles. The smallest absolute Gasteiger partial charge is 0.211 e. The molecule has 1 saturated carbocycles. The van der Waals surface area contributed by atoms with Crippen LogP contribution in [0.5, 0.6) is 0 Å². The minimum absolute atomic E-state index is 0.267. The molecule has 1 rings (SSSR count). The van der Waals surface area contributed by atoms with E-state index in [1.165, 1.54) is 19.3 Å². The van der Waals surface area contributed by atoms with Crippen LogP contribution in [0.25, 0.3) is 0 Å². The summed E-state index contributed by atoms with van der Waals surface area (Å²) in [5, 5.41) is 3.19. The molecule has 5 heteroatoms. The number of rotatable bonds is 10. The fraction of sp³-hybridized carbons (Fsp3) is 1.00. The third-order valence-electron chi connectivity index (χ3n) is 3.37. The van der Waals surface area contributed by atoms with Gasteiger partial charge in [-0.05, 0) is 38.3 Å². The van der Waals surface area contributed by atoms with Gasteiger partial charge in [0.15, 0.2) is 0 Å². The molecule has 0 bridgehead atoms. The van der Waals surface area contributed by atoms with E-state index < -0.39 is 10.0 Å². The van der Waals surface area contributed by atoms with Crippen molar-refractivity contribution in [3.63, 3.8) is 0 Å². The fourth-order valence-corrected chi connectivity index (χ4v) is 3.15. The Bertz CT molecular complexity index is 287. The van der Waals surface area contributed by atoms with Crippen LogP contribution in [0, 0.1) is 5.92 Å². The lowest BCUT2D eigenvalue weighted by atomic mass is 9.83. The molecule has 17 heavy (non-hydrogen) atoms. The van der Waals surface area contributed by atoms with Gasteiger partial charge in [0, 0.05) is 6.54 Å². The third-order valence-corrected chi connectivity index (χ3v) is 4.84. The quantitative estimate of drug-likeness (QED) is 0.586. The topological polar surface area (TPSA) is 58.2 Å². The maximum absolute atomic E-state index is 11.6. The monoisotopic (exact) mass is 262 g/mol. The molecule has 0 amide bonds. The second-order valence-electron chi connectivity index (χ2n) is 4.86. The van der Waals surface area contributed by atoms with Crippen molar-refractivity contribution < 1.29 is 8.42 Å². The van der Waals surface area contributed by atoms with Gasteiger partial charge < -0.3 is 5.32 Å². The van der Waals surface area contributed by atoms with Crippen LogP contribution < -0.4 is 10.0 Å². The summed E-state index contributed by atoms with van der Waals surface area (Å²) in [7, 11) is -3.03. The standard InChI is InChI=1S/C12H26N2O2S/c1-2-13-9-3-4-11-17(15,16)14-10-8-12-6-5-7-12/h12-14H,2-11H2,1H3. The molecule has 1 aliphatic carbocycles. The van der Waals surface area contributed by atoms with Crippen LogP contribution in [-0.4, -0.2) is 33.8 Å². The lowest BCUT2D eigenvalue weighted by Crippen LogP contribution is -2.29. The lowest BCUT2D eigenvalue weighted by Gasteiger charge is -2.25. The summed E-state index contributed by atoms with van der Waals surface area (Å²) < 4.78 is 25.9. The molecule has 1 fully saturated rings. The molecular weight excluding hydrogens is 236 g/mol. The van der Waals surface area contributed by atoms with E-state index in [0.717, 1.165) is 38.3 Å². The first-order valence-electron chi connectivity index (χ1n) is 6.82. The first-order valence-corrected chi connectivity index (χ1v) is 8.47. The van der Waals surface area contributed by atoms with Crippen LogP contribution in [0.1, 0.15) is 45.4 Å². The van der Waals surface area contributed by atoms with E-state index in [1.807, 2.05) is 0 Å². The van der Waals surface area contributed by atoms with Crippen LogP contribution in [-0.2, 0) is 10.0 Å². The van der Waals surface area contributed by atoms with Crippen molar-refractivity contribution >= 4 is 10.0 Å². The molecule has 0 spiro atoms. The second kappa shape index (κ2) is 8.06. The van der Waals surface area contributed by atoms with Gasteiger partial charge in [0.1, 0.15) is 0 Å². The number of unbranched alkanes of at least 4 members (excludes halogenated alkanes) is 1. The molecule has 0 aromatic heterocycles. The molecule has 0 aliphatic heterocycles. The van der Waals surface area contributed by atoms with E-state index in [9.17, 15) is 8.42 Å². The van der Waals surface area contributed by atoms with Gasteiger partial charge in [-0.3, -0.25) is 0 Å². The van der Waals surface area contributed by atoms with Crippen molar-refractivity contribution in [2.75, 3.05) is 25.4 Å². The molecule has 4 nitrogen and oxygen atoms in total. The van der Waals surface area contributed by atoms with Crippen LogP contribution in [0.2, 0.25) is 0 Å². The fourth-order valence-electron chi connectivity index (χ4n) is 1.99. The minimum Gasteiger partial charge on any atom is -0.317 e. The maximum Gasteiger partial charge on any atom is 0.211 e. The SMILES string of the molecule is CCNCCCCS(=O)(=O)NCCC1CCC1. The van der Waals surface area contributed by atoms with Crippen molar-refractivity contribution in [2.24, 2.45) is 5.92 Å². The molecule has 0 atom stereocenters. The van der Waals surface area contributed by atoms with Gasteiger partial charge in [-0.2, -0.15) is 0 Å². The Morgan fingerprint density at radius 3 is 2.53 bits per heavy atom. The molecule has 2 N–H and O–H groups in total. The van der Waals surface area contributed by atoms with Crippen LogP contribution in [0.4, 0.5) is 0 Å². The largest absolute Gasteiger partial charge is 0.317 e. The van der Waals surface area contributed by atoms with Crippen molar-refractivity contribution in [1.82, 2.24) is 10.0 Å². The Morgan fingerprint density at radius 2 is 1.94 bits per heavy atom. The highest BCUT2D eigenvalue weighted by molar-refractivity contribution is 7.89. The summed E-state index contributed by atoms with van der Waals surface area (Å²) in [6, 6.07) is 0. The predicted octanol–water partition coefficient (Wildman–Crippen LogP) is 1.49. The highest BCUT2D eigenvalue weighted by atomic mass is 32.2. The van der Waals surface area contributed by atoms with Crippen molar-refractivity contribution in [2.45, 2.75) is 45.4 Å². The minimum atomic E-state index is -3.03. The van der Waals surface area contributed by atoms with Gasteiger partial charge in [0.25, 0.3) is 0 Å². The van der Waals surface area contributed by atoms with Crippen molar-refractivity contribution in [3.8, 4) is 0 Å². The zero-order valence-corrected chi connectivity index (χ0v) is 11.7. The molecule has 0 saturated heterocycles. The summed E-state index contributed by atoms with van der Waals surface area (Å²) in [4.78, 5) is 0. The predicted molar refractivity (Wildman–Crippen MR) is 71.5 cm³/mol. The van der Waals surface area contributed by atoms with E-state index in [1.54, 1.807) is 0 Å². The second-order valence-corrected chi connectivity index (χ2v) is 6.79. The summed E-state index contributed by atoms with van der Waals surface area (Å²) in [6.07, 6.45) is 6.57. The molecule has 102 valence electrons. The van der Waals surface area contributed by atoms with Gasteiger partial charge in [-0.1, -0.05) is 26.2 Å². The normalized spacial score (nSPS) is 17.0. The van der Waals surface area contributed by atoms with Crippen molar-refractivity contribution in [3.05, 3.63) is 0 Å². The van der Waals surface area contributed by atoms with Crippen LogP contribution in [0.15, 0.2) is 0 Å². The number of nitrogens with one attached hydrogen (secondary N) is 2. The average Bonchev–Trinajstić information content (AvgIpc) is 2.21. The zero-order chi connectivity index (χ0) is 12.6. The Hall–Kier alpha value is -0.130.